The lowest BCUT2D eigenvalue weighted by Crippen LogP contribution is -2.14. The number of hydrogen-bond donors (Lipinski definition) is 0. The molecule has 0 saturated carbocycles. The summed E-state index contributed by atoms with van der Waals surface area (Å²) >= 11 is 0. The van der Waals surface area contributed by atoms with Crippen molar-refractivity contribution in [3.63, 3.8) is 0 Å². The molecule has 2 rings (SSSR count). The van der Waals surface area contributed by atoms with Gasteiger partial charge in [-0.25, -0.2) is 4.39 Å². The molecular formula is C14H13FN2. The topological polar surface area (TPSA) is 36.7 Å². The summed E-state index contributed by atoms with van der Waals surface area (Å²) in [6.45, 7) is 6.10. The van der Waals surface area contributed by atoms with Gasteiger partial charge < -0.3 is 0 Å². The van der Waals surface area contributed by atoms with E-state index in [1.807, 2.05) is 20.8 Å². The third-order valence-electron chi connectivity index (χ3n) is 2.66. The summed E-state index contributed by atoms with van der Waals surface area (Å²) in [6, 6.07) is 8.17. The molecule has 3 heteroatoms. The first kappa shape index (κ1) is 11.5. The highest BCUT2D eigenvalue weighted by atomic mass is 19.1. The molecule has 86 valence electrons. The van der Waals surface area contributed by atoms with Crippen LogP contribution in [0, 0.1) is 17.1 Å². The standard InChI is InChI=1S/C14H13FN2/c1-14(2,3)13-6-9(8-16)11-7-10(15)4-5-12(11)17-13/h4-7H,1-3H3. The Bertz CT molecular complexity index is 618. The molecule has 2 nitrogen and oxygen atoms in total. The molecule has 0 atom stereocenters. The second-order valence-corrected chi connectivity index (χ2v) is 5.08. The van der Waals surface area contributed by atoms with Gasteiger partial charge in [0.25, 0.3) is 0 Å². The smallest absolute Gasteiger partial charge is 0.124 e. The van der Waals surface area contributed by atoms with Gasteiger partial charge >= 0.3 is 0 Å². The number of nitrogens with zero attached hydrogens (tertiary/aromatic N) is 2. The second-order valence-electron chi connectivity index (χ2n) is 5.08. The first-order valence-electron chi connectivity index (χ1n) is 5.43. The number of halogens is 1. The molecule has 0 spiro atoms. The fourth-order valence-corrected chi connectivity index (χ4v) is 1.67. The maximum atomic E-state index is 13.2. The number of hydrogen-bond acceptors (Lipinski definition) is 2. The number of benzene rings is 1. The lowest BCUT2D eigenvalue weighted by atomic mass is 9.90. The van der Waals surface area contributed by atoms with Crippen LogP contribution in [0.2, 0.25) is 0 Å². The number of nitriles is 1. The Hall–Kier alpha value is -1.95. The molecule has 0 fully saturated rings. The van der Waals surface area contributed by atoms with Crippen LogP contribution in [0.15, 0.2) is 24.3 Å². The normalized spacial score (nSPS) is 11.5. The molecule has 17 heavy (non-hydrogen) atoms. The molecule has 0 radical (unpaired) electrons. The predicted molar refractivity (Wildman–Crippen MR) is 65.1 cm³/mol. The van der Waals surface area contributed by atoms with Gasteiger partial charge in [0.15, 0.2) is 0 Å². The Morgan fingerprint density at radius 3 is 2.53 bits per heavy atom. The molecule has 1 aromatic heterocycles. The molecular weight excluding hydrogens is 215 g/mol. The van der Waals surface area contributed by atoms with E-state index in [1.54, 1.807) is 12.1 Å². The minimum absolute atomic E-state index is 0.131. The van der Waals surface area contributed by atoms with Crippen LogP contribution in [0.25, 0.3) is 10.9 Å². The van der Waals surface area contributed by atoms with Gasteiger partial charge in [-0.15, -0.1) is 0 Å². The highest BCUT2D eigenvalue weighted by Crippen LogP contribution is 2.26. The van der Waals surface area contributed by atoms with Crippen molar-refractivity contribution in [2.75, 3.05) is 0 Å². The monoisotopic (exact) mass is 228 g/mol. The number of fused-ring (bicyclic) bond motifs is 1. The van der Waals surface area contributed by atoms with Crippen molar-refractivity contribution in [3.05, 3.63) is 41.3 Å². The van der Waals surface area contributed by atoms with Crippen LogP contribution >= 0.6 is 0 Å². The van der Waals surface area contributed by atoms with Gasteiger partial charge in [0.05, 0.1) is 17.1 Å². The van der Waals surface area contributed by atoms with Crippen molar-refractivity contribution >= 4 is 10.9 Å². The highest BCUT2D eigenvalue weighted by Gasteiger charge is 2.18. The van der Waals surface area contributed by atoms with Crippen LogP contribution in [-0.4, -0.2) is 4.98 Å². The van der Waals surface area contributed by atoms with Crippen molar-refractivity contribution in [2.24, 2.45) is 0 Å². The third-order valence-corrected chi connectivity index (χ3v) is 2.66. The van der Waals surface area contributed by atoms with Crippen LogP contribution in [0.5, 0.6) is 0 Å². The van der Waals surface area contributed by atoms with E-state index in [4.69, 9.17) is 5.26 Å². The van der Waals surface area contributed by atoms with Crippen LogP contribution in [-0.2, 0) is 5.41 Å². The molecule has 2 aromatic rings. The van der Waals surface area contributed by atoms with E-state index in [0.29, 0.717) is 16.5 Å². The molecule has 0 saturated heterocycles. The Morgan fingerprint density at radius 1 is 1.24 bits per heavy atom. The number of rotatable bonds is 0. The van der Waals surface area contributed by atoms with E-state index in [2.05, 4.69) is 11.1 Å². The molecule has 0 aliphatic carbocycles. The molecule has 0 N–H and O–H groups in total. The molecule has 1 heterocycles. The maximum Gasteiger partial charge on any atom is 0.124 e. The summed E-state index contributed by atoms with van der Waals surface area (Å²) in [6.07, 6.45) is 0. The van der Waals surface area contributed by atoms with Gasteiger partial charge in [-0.2, -0.15) is 5.26 Å². The molecule has 0 aliphatic heterocycles. The van der Waals surface area contributed by atoms with Gasteiger partial charge in [0.1, 0.15) is 5.82 Å². The van der Waals surface area contributed by atoms with E-state index in [1.165, 1.54) is 12.1 Å². The van der Waals surface area contributed by atoms with Gasteiger partial charge in [-0.1, -0.05) is 20.8 Å². The van der Waals surface area contributed by atoms with E-state index in [-0.39, 0.29) is 11.2 Å². The average molecular weight is 228 g/mol. The summed E-state index contributed by atoms with van der Waals surface area (Å²) in [5.74, 6) is -0.348. The van der Waals surface area contributed by atoms with Crippen LogP contribution in [0.1, 0.15) is 32.0 Å². The van der Waals surface area contributed by atoms with Gasteiger partial charge in [0, 0.05) is 16.5 Å². The Labute approximate surface area is 99.7 Å². The van der Waals surface area contributed by atoms with E-state index < -0.39 is 0 Å². The predicted octanol–water partition coefficient (Wildman–Crippen LogP) is 3.54. The zero-order valence-electron chi connectivity index (χ0n) is 10.1. The lowest BCUT2D eigenvalue weighted by molar-refractivity contribution is 0.571. The molecule has 0 amide bonds. The zero-order chi connectivity index (χ0) is 12.6. The van der Waals surface area contributed by atoms with Crippen LogP contribution < -0.4 is 0 Å². The van der Waals surface area contributed by atoms with E-state index >= 15 is 0 Å². The summed E-state index contributed by atoms with van der Waals surface area (Å²) in [5, 5.41) is 9.69. The van der Waals surface area contributed by atoms with Crippen molar-refractivity contribution in [1.82, 2.24) is 4.98 Å². The van der Waals surface area contributed by atoms with E-state index in [9.17, 15) is 4.39 Å². The van der Waals surface area contributed by atoms with Gasteiger partial charge in [0.2, 0.25) is 0 Å². The number of pyridine rings is 1. The quantitative estimate of drug-likeness (QED) is 0.691. The molecule has 0 unspecified atom stereocenters. The first-order valence-corrected chi connectivity index (χ1v) is 5.43. The van der Waals surface area contributed by atoms with Crippen molar-refractivity contribution < 1.29 is 4.39 Å². The molecule has 0 aliphatic rings. The second kappa shape index (κ2) is 3.81. The summed E-state index contributed by atoms with van der Waals surface area (Å²) < 4.78 is 13.2. The molecule has 1 aromatic carbocycles. The Balaban J connectivity index is 2.81. The van der Waals surface area contributed by atoms with Crippen LogP contribution in [0.3, 0.4) is 0 Å². The molecule has 0 bridgehead atoms. The van der Waals surface area contributed by atoms with Gasteiger partial charge in [-0.05, 0) is 24.3 Å². The fourth-order valence-electron chi connectivity index (χ4n) is 1.67. The third kappa shape index (κ3) is 2.12. The fraction of sp³-hybridized carbons (Fsp3) is 0.286. The van der Waals surface area contributed by atoms with Crippen LogP contribution in [0.4, 0.5) is 4.39 Å². The van der Waals surface area contributed by atoms with Crippen molar-refractivity contribution in [3.8, 4) is 6.07 Å². The van der Waals surface area contributed by atoms with Gasteiger partial charge in [-0.3, -0.25) is 4.98 Å². The zero-order valence-corrected chi connectivity index (χ0v) is 10.1. The Morgan fingerprint density at radius 2 is 1.94 bits per heavy atom. The minimum atomic E-state index is -0.348. The van der Waals surface area contributed by atoms with Crippen molar-refractivity contribution in [1.29, 1.82) is 5.26 Å². The highest BCUT2D eigenvalue weighted by molar-refractivity contribution is 5.85. The minimum Gasteiger partial charge on any atom is -0.252 e. The number of aromatic nitrogens is 1. The summed E-state index contributed by atoms with van der Waals surface area (Å²) in [5.41, 5.74) is 1.84. The van der Waals surface area contributed by atoms with E-state index in [0.717, 1.165) is 5.69 Å². The average Bonchev–Trinajstić information content (AvgIpc) is 2.26. The largest absolute Gasteiger partial charge is 0.252 e. The first-order chi connectivity index (χ1) is 7.91. The summed E-state index contributed by atoms with van der Waals surface area (Å²) in [7, 11) is 0. The van der Waals surface area contributed by atoms with Crippen molar-refractivity contribution in [2.45, 2.75) is 26.2 Å². The summed E-state index contributed by atoms with van der Waals surface area (Å²) in [4.78, 5) is 4.48. The Kier molecular flexibility index (Phi) is 2.59. The SMILES string of the molecule is CC(C)(C)c1cc(C#N)c2cc(F)ccc2n1. The lowest BCUT2D eigenvalue weighted by Gasteiger charge is -2.18. The maximum absolute atomic E-state index is 13.2.